The van der Waals surface area contributed by atoms with Crippen LogP contribution in [0.3, 0.4) is 0 Å². The van der Waals surface area contributed by atoms with Crippen molar-refractivity contribution in [3.05, 3.63) is 23.3 Å². The topological polar surface area (TPSA) is 116 Å². The van der Waals surface area contributed by atoms with Crippen molar-refractivity contribution in [3.8, 4) is 0 Å². The van der Waals surface area contributed by atoms with E-state index in [-0.39, 0.29) is 30.6 Å². The highest BCUT2D eigenvalue weighted by molar-refractivity contribution is 6.01. The van der Waals surface area contributed by atoms with Gasteiger partial charge >= 0.3 is 12.1 Å². The lowest BCUT2D eigenvalue weighted by molar-refractivity contribution is -0.186. The van der Waals surface area contributed by atoms with Gasteiger partial charge in [-0.1, -0.05) is 25.7 Å². The summed E-state index contributed by atoms with van der Waals surface area (Å²) in [6, 6.07) is 1.93. The molecule has 0 radical (unpaired) electrons. The molecule has 42 heavy (non-hydrogen) atoms. The van der Waals surface area contributed by atoms with Crippen LogP contribution in [0.4, 0.5) is 4.79 Å². The lowest BCUT2D eigenvalue weighted by atomic mass is 9.73. The first-order chi connectivity index (χ1) is 19.9. The predicted molar refractivity (Wildman–Crippen MR) is 157 cm³/mol. The highest BCUT2D eigenvalue weighted by Gasteiger charge is 2.51. The van der Waals surface area contributed by atoms with Crippen molar-refractivity contribution in [1.29, 1.82) is 0 Å². The molecule has 0 N–H and O–H groups in total. The van der Waals surface area contributed by atoms with Crippen LogP contribution in [0.15, 0.2) is 6.07 Å². The second-order valence-electron chi connectivity index (χ2n) is 13.8. The number of likely N-dealkylation sites (tertiary alicyclic amines) is 1. The van der Waals surface area contributed by atoms with Crippen LogP contribution in [0.25, 0.3) is 5.78 Å². The predicted octanol–water partition coefficient (Wildman–Crippen LogP) is 5.55. The number of fused-ring (bicyclic) bond motifs is 1. The lowest BCUT2D eigenvalue weighted by Gasteiger charge is -2.43. The Hall–Kier alpha value is -3.04. The Bertz CT molecular complexity index is 1280. The van der Waals surface area contributed by atoms with E-state index in [0.717, 1.165) is 88.7 Å². The van der Waals surface area contributed by atoms with Crippen LogP contribution in [0.1, 0.15) is 109 Å². The van der Waals surface area contributed by atoms with E-state index in [9.17, 15) is 14.4 Å². The fourth-order valence-corrected chi connectivity index (χ4v) is 7.14. The number of esters is 1. The molecule has 5 rings (SSSR count). The Morgan fingerprint density at radius 3 is 2.45 bits per heavy atom. The zero-order chi connectivity index (χ0) is 30.1. The van der Waals surface area contributed by atoms with Gasteiger partial charge in [-0.05, 0) is 91.0 Å². The maximum absolute atomic E-state index is 13.5. The van der Waals surface area contributed by atoms with Crippen molar-refractivity contribution in [2.24, 2.45) is 17.8 Å². The highest BCUT2D eigenvalue weighted by Crippen LogP contribution is 2.45. The number of hydrogen-bond donors (Lipinski definition) is 0. The van der Waals surface area contributed by atoms with E-state index in [0.29, 0.717) is 17.5 Å². The molecule has 0 aromatic carbocycles. The fourth-order valence-electron chi connectivity index (χ4n) is 7.14. The number of unbranched alkanes of at least 4 members (excludes halogenated alkanes) is 1. The Balaban J connectivity index is 1.15. The number of Topliss-reactive ketones (excluding diaryl/α,β-unsaturated/α-hetero) is 1. The van der Waals surface area contributed by atoms with Gasteiger partial charge in [0.1, 0.15) is 17.1 Å². The van der Waals surface area contributed by atoms with Gasteiger partial charge in [-0.3, -0.25) is 9.59 Å². The first-order valence-corrected chi connectivity index (χ1v) is 15.9. The van der Waals surface area contributed by atoms with E-state index in [4.69, 9.17) is 9.47 Å². The molecule has 1 aliphatic carbocycles. The van der Waals surface area contributed by atoms with Crippen molar-refractivity contribution in [2.75, 3.05) is 13.1 Å². The van der Waals surface area contributed by atoms with Gasteiger partial charge in [0.05, 0.1) is 0 Å². The van der Waals surface area contributed by atoms with Crippen LogP contribution in [0.2, 0.25) is 0 Å². The third-order valence-electron chi connectivity index (χ3n) is 9.33. The van der Waals surface area contributed by atoms with Crippen LogP contribution in [-0.4, -0.2) is 66.6 Å². The molecule has 10 nitrogen and oxygen atoms in total. The monoisotopic (exact) mass is 581 g/mol. The van der Waals surface area contributed by atoms with E-state index < -0.39 is 23.1 Å². The molecular formula is C32H47N5O5. The fraction of sp³-hybridized carbons (Fsp3) is 0.750. The quantitative estimate of drug-likeness (QED) is 0.226. The Labute approximate surface area is 248 Å². The zero-order valence-corrected chi connectivity index (χ0v) is 26.0. The Kier molecular flexibility index (Phi) is 8.90. The molecule has 3 aliphatic rings. The summed E-state index contributed by atoms with van der Waals surface area (Å²) in [5, 5.41) is 4.52. The minimum atomic E-state index is -0.867. The highest BCUT2D eigenvalue weighted by atomic mass is 16.6. The number of ether oxygens (including phenoxy) is 2. The number of piperidine rings is 1. The molecule has 2 unspecified atom stereocenters. The number of carbonyl (C=O) groups excluding carboxylic acids is 3. The summed E-state index contributed by atoms with van der Waals surface area (Å²) in [4.78, 5) is 50.1. The molecule has 1 amide bonds. The molecule has 230 valence electrons. The number of amides is 1. The van der Waals surface area contributed by atoms with Crippen LogP contribution < -0.4 is 0 Å². The second-order valence-corrected chi connectivity index (χ2v) is 13.8. The van der Waals surface area contributed by atoms with Crippen LogP contribution >= 0.6 is 0 Å². The summed E-state index contributed by atoms with van der Waals surface area (Å²) in [5.74, 6) is 0.401. The summed E-state index contributed by atoms with van der Waals surface area (Å²) < 4.78 is 13.5. The number of aryl methyl sites for hydroxylation is 2. The second kappa shape index (κ2) is 12.3. The van der Waals surface area contributed by atoms with Gasteiger partial charge in [0.25, 0.3) is 5.78 Å². The van der Waals surface area contributed by atoms with Crippen molar-refractivity contribution in [1.82, 2.24) is 24.5 Å². The Morgan fingerprint density at radius 2 is 1.79 bits per heavy atom. The number of aromatic nitrogens is 4. The van der Waals surface area contributed by atoms with E-state index in [1.807, 2.05) is 45.6 Å². The molecule has 0 spiro atoms. The first-order valence-electron chi connectivity index (χ1n) is 15.9. The minimum absolute atomic E-state index is 0.0487. The third kappa shape index (κ3) is 6.94. The molecule has 2 aliphatic heterocycles. The molecule has 3 fully saturated rings. The van der Waals surface area contributed by atoms with Crippen LogP contribution in [0, 0.1) is 31.6 Å². The SMILES string of the molecule is Cc1cc(C)n2nc(CC3C(=O)CC(CCCCC4CCN(C(=O)OC(C)(C)C)CC4)(C4CCCC4)OC3=O)nc2n1. The van der Waals surface area contributed by atoms with Crippen molar-refractivity contribution >= 4 is 23.6 Å². The number of carbonyl (C=O) groups is 3. The van der Waals surface area contributed by atoms with Gasteiger partial charge in [0, 0.05) is 37.3 Å². The molecule has 0 bridgehead atoms. The van der Waals surface area contributed by atoms with E-state index in [2.05, 4.69) is 15.1 Å². The summed E-state index contributed by atoms with van der Waals surface area (Å²) in [6.07, 6.45) is 10.2. The maximum Gasteiger partial charge on any atom is 0.410 e. The standard InChI is InChI=1S/C32H47N5O5/c1-21-18-22(2)37-29(33-21)34-27(35-37)19-25-26(38)20-32(41-28(25)39,24-11-6-7-12-24)15-9-8-10-23-13-16-36(17-14-23)30(40)42-31(3,4)5/h18,23-25H,6-17,19-20H2,1-5H3. The molecule has 1 saturated carbocycles. The summed E-state index contributed by atoms with van der Waals surface area (Å²) in [6.45, 7) is 11.0. The smallest absolute Gasteiger partial charge is 0.410 e. The van der Waals surface area contributed by atoms with Crippen LogP contribution in [0.5, 0.6) is 0 Å². The Morgan fingerprint density at radius 1 is 1.07 bits per heavy atom. The zero-order valence-electron chi connectivity index (χ0n) is 26.0. The molecule has 10 heteroatoms. The number of rotatable bonds is 8. The summed E-state index contributed by atoms with van der Waals surface area (Å²) >= 11 is 0. The van der Waals surface area contributed by atoms with Gasteiger partial charge in [-0.2, -0.15) is 4.98 Å². The molecule has 4 heterocycles. The molecule has 2 aromatic rings. The summed E-state index contributed by atoms with van der Waals surface area (Å²) in [5.41, 5.74) is 0.582. The van der Waals surface area contributed by atoms with E-state index in [1.165, 1.54) is 0 Å². The molecule has 2 aromatic heterocycles. The lowest BCUT2D eigenvalue weighted by Crippen LogP contribution is -2.52. The average molecular weight is 582 g/mol. The number of cyclic esters (lactones) is 1. The van der Waals surface area contributed by atoms with E-state index in [1.54, 1.807) is 4.52 Å². The molecule has 2 atom stereocenters. The van der Waals surface area contributed by atoms with Crippen LogP contribution in [-0.2, 0) is 25.5 Å². The van der Waals surface area contributed by atoms with E-state index >= 15 is 0 Å². The first kappa shape index (κ1) is 30.4. The van der Waals surface area contributed by atoms with Gasteiger partial charge in [0.2, 0.25) is 0 Å². The number of nitrogens with zero attached hydrogens (tertiary/aromatic N) is 5. The average Bonchev–Trinajstić information content (AvgIpc) is 3.59. The number of hydrogen-bond acceptors (Lipinski definition) is 8. The third-order valence-corrected chi connectivity index (χ3v) is 9.33. The van der Waals surface area contributed by atoms with Gasteiger partial charge in [-0.15, -0.1) is 5.10 Å². The van der Waals surface area contributed by atoms with Gasteiger partial charge in [-0.25, -0.2) is 14.3 Å². The van der Waals surface area contributed by atoms with Gasteiger partial charge in [0.15, 0.2) is 11.6 Å². The number of ketones is 1. The van der Waals surface area contributed by atoms with Crippen molar-refractivity contribution in [3.63, 3.8) is 0 Å². The molecular weight excluding hydrogens is 534 g/mol. The minimum Gasteiger partial charge on any atom is -0.458 e. The summed E-state index contributed by atoms with van der Waals surface area (Å²) in [7, 11) is 0. The van der Waals surface area contributed by atoms with Crippen molar-refractivity contribution in [2.45, 2.75) is 123 Å². The molecule has 2 saturated heterocycles. The normalized spacial score (nSPS) is 24.4. The van der Waals surface area contributed by atoms with Crippen molar-refractivity contribution < 1.29 is 23.9 Å². The van der Waals surface area contributed by atoms with Gasteiger partial charge < -0.3 is 14.4 Å². The maximum atomic E-state index is 13.5. The largest absolute Gasteiger partial charge is 0.458 e.